The molecule has 0 spiro atoms. The monoisotopic (exact) mass is 153 g/mol. The molecule has 11 heavy (non-hydrogen) atoms. The van der Waals surface area contributed by atoms with Crippen LogP contribution in [0.15, 0.2) is 0 Å². The molecule has 0 amide bonds. The molecule has 62 valence electrons. The Morgan fingerprint density at radius 2 is 2.27 bits per heavy atom. The lowest BCUT2D eigenvalue weighted by Crippen LogP contribution is -2.00. The summed E-state index contributed by atoms with van der Waals surface area (Å²) in [7, 11) is 0. The SMILES string of the molecule is CCCCC(C=O)CCC#N. The molecule has 1 atom stereocenters. The summed E-state index contributed by atoms with van der Waals surface area (Å²) >= 11 is 0. The van der Waals surface area contributed by atoms with Crippen molar-refractivity contribution < 1.29 is 4.79 Å². The van der Waals surface area contributed by atoms with Gasteiger partial charge in [0.15, 0.2) is 0 Å². The maximum Gasteiger partial charge on any atom is 0.123 e. The lowest BCUT2D eigenvalue weighted by molar-refractivity contribution is -0.111. The van der Waals surface area contributed by atoms with Gasteiger partial charge in [-0.25, -0.2) is 0 Å². The molecule has 0 aliphatic heterocycles. The van der Waals surface area contributed by atoms with Crippen LogP contribution in [-0.4, -0.2) is 6.29 Å². The summed E-state index contributed by atoms with van der Waals surface area (Å²) in [6.07, 6.45) is 5.38. The lowest BCUT2D eigenvalue weighted by Gasteiger charge is -2.05. The molecule has 0 bridgehead atoms. The molecule has 2 heteroatoms. The molecule has 0 aromatic heterocycles. The van der Waals surface area contributed by atoms with Crippen LogP contribution in [0.1, 0.15) is 39.0 Å². The van der Waals surface area contributed by atoms with Gasteiger partial charge in [-0.3, -0.25) is 0 Å². The Kier molecular flexibility index (Phi) is 6.71. The van der Waals surface area contributed by atoms with Crippen molar-refractivity contribution >= 4 is 6.29 Å². The van der Waals surface area contributed by atoms with E-state index in [-0.39, 0.29) is 5.92 Å². The average Bonchev–Trinajstić information content (AvgIpc) is 2.05. The van der Waals surface area contributed by atoms with Gasteiger partial charge in [-0.2, -0.15) is 5.26 Å². The number of nitriles is 1. The fraction of sp³-hybridized carbons (Fsp3) is 0.778. The number of unbranched alkanes of at least 4 members (excludes halogenated alkanes) is 1. The van der Waals surface area contributed by atoms with Gasteiger partial charge in [-0.05, 0) is 12.8 Å². The van der Waals surface area contributed by atoms with Crippen LogP contribution < -0.4 is 0 Å². The van der Waals surface area contributed by atoms with E-state index >= 15 is 0 Å². The van der Waals surface area contributed by atoms with Crippen LogP contribution in [0.5, 0.6) is 0 Å². The number of carbonyl (C=O) groups excluding carboxylic acids is 1. The molecular weight excluding hydrogens is 138 g/mol. The van der Waals surface area contributed by atoms with E-state index in [2.05, 4.69) is 13.0 Å². The Morgan fingerprint density at radius 3 is 2.73 bits per heavy atom. The first-order valence-corrected chi connectivity index (χ1v) is 4.17. The summed E-state index contributed by atoms with van der Waals surface area (Å²) in [5.41, 5.74) is 0. The third kappa shape index (κ3) is 5.60. The van der Waals surface area contributed by atoms with Gasteiger partial charge in [-0.1, -0.05) is 19.8 Å². The van der Waals surface area contributed by atoms with E-state index in [9.17, 15) is 4.79 Å². The molecule has 0 rings (SSSR count). The number of carbonyl (C=O) groups is 1. The Bertz CT molecular complexity index is 137. The second kappa shape index (κ2) is 7.27. The molecule has 1 unspecified atom stereocenters. The molecule has 0 saturated heterocycles. The molecule has 0 fully saturated rings. The average molecular weight is 153 g/mol. The summed E-state index contributed by atoms with van der Waals surface area (Å²) < 4.78 is 0. The Morgan fingerprint density at radius 1 is 1.55 bits per heavy atom. The molecule has 2 nitrogen and oxygen atoms in total. The van der Waals surface area contributed by atoms with E-state index in [0.717, 1.165) is 32.0 Å². The van der Waals surface area contributed by atoms with Gasteiger partial charge in [0, 0.05) is 12.3 Å². The fourth-order valence-corrected chi connectivity index (χ4v) is 0.997. The third-order valence-electron chi connectivity index (χ3n) is 1.75. The first-order chi connectivity index (χ1) is 5.35. The lowest BCUT2D eigenvalue weighted by atomic mass is 9.99. The molecule has 0 aromatic rings. The van der Waals surface area contributed by atoms with Gasteiger partial charge < -0.3 is 4.79 Å². The molecule has 0 aliphatic carbocycles. The van der Waals surface area contributed by atoms with Crippen molar-refractivity contribution in [3.05, 3.63) is 0 Å². The fourth-order valence-electron chi connectivity index (χ4n) is 0.997. The van der Waals surface area contributed by atoms with Crippen molar-refractivity contribution in [2.75, 3.05) is 0 Å². The molecule has 0 aromatic carbocycles. The summed E-state index contributed by atoms with van der Waals surface area (Å²) in [4.78, 5) is 10.4. The van der Waals surface area contributed by atoms with E-state index < -0.39 is 0 Å². The zero-order valence-corrected chi connectivity index (χ0v) is 7.05. The van der Waals surface area contributed by atoms with E-state index in [1.165, 1.54) is 0 Å². The van der Waals surface area contributed by atoms with Crippen LogP contribution in [0.2, 0.25) is 0 Å². The smallest absolute Gasteiger partial charge is 0.123 e. The van der Waals surface area contributed by atoms with Crippen LogP contribution in [0.3, 0.4) is 0 Å². The standard InChI is InChI=1S/C9H15NO/c1-2-3-5-9(8-11)6-4-7-10/h8-9H,2-6H2,1H3. The van der Waals surface area contributed by atoms with Gasteiger partial charge >= 0.3 is 0 Å². The van der Waals surface area contributed by atoms with E-state index in [4.69, 9.17) is 5.26 Å². The Hall–Kier alpha value is -0.840. The van der Waals surface area contributed by atoms with E-state index in [0.29, 0.717) is 6.42 Å². The number of rotatable bonds is 6. The summed E-state index contributed by atoms with van der Waals surface area (Å²) in [6, 6.07) is 2.05. The van der Waals surface area contributed by atoms with Crippen molar-refractivity contribution in [2.45, 2.75) is 39.0 Å². The van der Waals surface area contributed by atoms with Gasteiger partial charge in [-0.15, -0.1) is 0 Å². The third-order valence-corrected chi connectivity index (χ3v) is 1.75. The van der Waals surface area contributed by atoms with Gasteiger partial charge in [0.05, 0.1) is 6.07 Å². The van der Waals surface area contributed by atoms with E-state index in [1.807, 2.05) is 0 Å². The number of nitrogens with zero attached hydrogens (tertiary/aromatic N) is 1. The second-order valence-corrected chi connectivity index (χ2v) is 2.74. The molecule has 0 N–H and O–H groups in total. The quantitative estimate of drug-likeness (QED) is 0.549. The Balaban J connectivity index is 3.42. The van der Waals surface area contributed by atoms with Crippen LogP contribution in [-0.2, 0) is 4.79 Å². The summed E-state index contributed by atoms with van der Waals surface area (Å²) in [5, 5.41) is 8.27. The highest BCUT2D eigenvalue weighted by molar-refractivity contribution is 5.53. The number of aldehydes is 1. The maximum absolute atomic E-state index is 10.4. The largest absolute Gasteiger partial charge is 0.303 e. The first-order valence-electron chi connectivity index (χ1n) is 4.17. The van der Waals surface area contributed by atoms with Crippen molar-refractivity contribution in [1.29, 1.82) is 5.26 Å². The molecule has 0 radical (unpaired) electrons. The van der Waals surface area contributed by atoms with Crippen LogP contribution in [0.4, 0.5) is 0 Å². The highest BCUT2D eigenvalue weighted by Crippen LogP contribution is 2.11. The highest BCUT2D eigenvalue weighted by atomic mass is 16.1. The number of hydrogen-bond donors (Lipinski definition) is 0. The predicted octanol–water partition coefficient (Wildman–Crippen LogP) is 2.30. The highest BCUT2D eigenvalue weighted by Gasteiger charge is 2.04. The minimum Gasteiger partial charge on any atom is -0.303 e. The maximum atomic E-state index is 10.4. The predicted molar refractivity (Wildman–Crippen MR) is 43.9 cm³/mol. The van der Waals surface area contributed by atoms with Crippen molar-refractivity contribution in [3.8, 4) is 6.07 Å². The Labute approximate surface area is 68.2 Å². The molecule has 0 heterocycles. The van der Waals surface area contributed by atoms with Crippen molar-refractivity contribution in [1.82, 2.24) is 0 Å². The van der Waals surface area contributed by atoms with E-state index in [1.54, 1.807) is 0 Å². The minimum absolute atomic E-state index is 0.120. The molecule has 0 aliphatic rings. The van der Waals surface area contributed by atoms with Gasteiger partial charge in [0.1, 0.15) is 6.29 Å². The van der Waals surface area contributed by atoms with Gasteiger partial charge in [0.2, 0.25) is 0 Å². The van der Waals surface area contributed by atoms with Crippen LogP contribution >= 0.6 is 0 Å². The van der Waals surface area contributed by atoms with Crippen LogP contribution in [0, 0.1) is 17.2 Å². The summed E-state index contributed by atoms with van der Waals surface area (Å²) in [5.74, 6) is 0.120. The van der Waals surface area contributed by atoms with Crippen molar-refractivity contribution in [3.63, 3.8) is 0 Å². The molecule has 0 saturated carbocycles. The first kappa shape index (κ1) is 10.2. The van der Waals surface area contributed by atoms with Crippen LogP contribution in [0.25, 0.3) is 0 Å². The number of hydrogen-bond acceptors (Lipinski definition) is 2. The zero-order valence-electron chi connectivity index (χ0n) is 7.05. The van der Waals surface area contributed by atoms with Crippen molar-refractivity contribution in [2.24, 2.45) is 5.92 Å². The topological polar surface area (TPSA) is 40.9 Å². The van der Waals surface area contributed by atoms with Gasteiger partial charge in [0.25, 0.3) is 0 Å². The normalized spacial score (nSPS) is 12.0. The second-order valence-electron chi connectivity index (χ2n) is 2.74. The zero-order chi connectivity index (χ0) is 8.53. The molecular formula is C9H15NO. The summed E-state index contributed by atoms with van der Waals surface area (Å²) in [6.45, 7) is 2.10. The minimum atomic E-state index is 0.120.